The van der Waals surface area contributed by atoms with E-state index in [1.54, 1.807) is 18.5 Å². The van der Waals surface area contributed by atoms with Gasteiger partial charge in [-0.2, -0.15) is 5.10 Å². The molecule has 0 amide bonds. The van der Waals surface area contributed by atoms with E-state index in [0.29, 0.717) is 28.0 Å². The highest BCUT2D eigenvalue weighted by Crippen LogP contribution is 2.34. The second-order valence-electron chi connectivity index (χ2n) is 4.49. The van der Waals surface area contributed by atoms with Crippen LogP contribution >= 0.6 is 22.9 Å². The summed E-state index contributed by atoms with van der Waals surface area (Å²) in [6, 6.07) is 0. The third-order valence-corrected chi connectivity index (χ3v) is 5.99. The Hall–Kier alpha value is -1.05. The first kappa shape index (κ1) is 15.3. The molecule has 2 aromatic heterocycles. The molecule has 1 N–H and O–H groups in total. The van der Waals surface area contributed by atoms with Crippen molar-refractivity contribution in [3.05, 3.63) is 26.7 Å². The van der Waals surface area contributed by atoms with E-state index in [1.165, 1.54) is 11.3 Å². The molecule has 2 aromatic rings. The molecule has 0 saturated carbocycles. The average molecular weight is 334 g/mol. The number of nitrogens with zero attached hydrogens (tertiary/aromatic N) is 2. The van der Waals surface area contributed by atoms with Crippen LogP contribution < -0.4 is 4.72 Å². The SMILES string of the molecule is CCn1nc(C)c(S(=O)(=O)Nc2c(C)csc2Cl)c1C. The minimum Gasteiger partial charge on any atom is -0.277 e. The number of halogens is 1. The first-order valence-corrected chi connectivity index (χ1v) is 8.82. The number of anilines is 1. The Kier molecular flexibility index (Phi) is 4.13. The van der Waals surface area contributed by atoms with Crippen molar-refractivity contribution in [2.24, 2.45) is 0 Å². The van der Waals surface area contributed by atoms with E-state index in [9.17, 15) is 8.42 Å². The van der Waals surface area contributed by atoms with Crippen LogP contribution in [0.4, 0.5) is 5.69 Å². The normalized spacial score (nSPS) is 11.8. The number of aromatic nitrogens is 2. The fraction of sp³-hybridized carbons (Fsp3) is 0.417. The van der Waals surface area contributed by atoms with Crippen LogP contribution in [0, 0.1) is 20.8 Å². The van der Waals surface area contributed by atoms with Gasteiger partial charge >= 0.3 is 0 Å². The summed E-state index contributed by atoms with van der Waals surface area (Å²) in [5.74, 6) is 0. The monoisotopic (exact) mass is 333 g/mol. The highest BCUT2D eigenvalue weighted by molar-refractivity contribution is 7.92. The van der Waals surface area contributed by atoms with E-state index >= 15 is 0 Å². The van der Waals surface area contributed by atoms with E-state index in [4.69, 9.17) is 11.6 Å². The number of hydrogen-bond donors (Lipinski definition) is 1. The summed E-state index contributed by atoms with van der Waals surface area (Å²) < 4.78 is 29.8. The highest BCUT2D eigenvalue weighted by atomic mass is 35.5. The number of nitrogens with one attached hydrogen (secondary N) is 1. The molecule has 0 aliphatic carbocycles. The maximum absolute atomic E-state index is 12.6. The van der Waals surface area contributed by atoms with Gasteiger partial charge in [0.2, 0.25) is 0 Å². The Balaban J connectivity index is 2.49. The molecule has 110 valence electrons. The maximum atomic E-state index is 12.6. The number of thiophene rings is 1. The average Bonchev–Trinajstić information content (AvgIpc) is 2.82. The number of aryl methyl sites for hydroxylation is 3. The van der Waals surface area contributed by atoms with Gasteiger partial charge in [-0.25, -0.2) is 8.42 Å². The van der Waals surface area contributed by atoms with Crippen molar-refractivity contribution < 1.29 is 8.42 Å². The standard InChI is InChI=1S/C12H16ClN3O2S2/c1-5-16-9(4)11(8(3)14-16)20(17,18)15-10-7(2)6-19-12(10)13/h6,15H,5H2,1-4H3. The number of rotatable bonds is 4. The van der Waals surface area contributed by atoms with Crippen molar-refractivity contribution in [1.29, 1.82) is 0 Å². The molecule has 0 spiro atoms. The molecule has 0 radical (unpaired) electrons. The summed E-state index contributed by atoms with van der Waals surface area (Å²) in [6.07, 6.45) is 0. The largest absolute Gasteiger partial charge is 0.277 e. The Morgan fingerprint density at radius 3 is 2.50 bits per heavy atom. The van der Waals surface area contributed by atoms with Crippen LogP contribution in [-0.4, -0.2) is 18.2 Å². The first-order chi connectivity index (χ1) is 9.27. The van der Waals surface area contributed by atoms with E-state index in [-0.39, 0.29) is 4.90 Å². The van der Waals surface area contributed by atoms with Gasteiger partial charge < -0.3 is 0 Å². The Labute approximate surface area is 127 Å². The fourth-order valence-electron chi connectivity index (χ4n) is 2.10. The lowest BCUT2D eigenvalue weighted by atomic mass is 10.3. The van der Waals surface area contributed by atoms with Gasteiger partial charge in [-0.15, -0.1) is 11.3 Å². The minimum atomic E-state index is -3.69. The van der Waals surface area contributed by atoms with Crippen LogP contribution in [0.2, 0.25) is 4.34 Å². The van der Waals surface area contributed by atoms with Crippen LogP contribution in [0.5, 0.6) is 0 Å². The van der Waals surface area contributed by atoms with Gasteiger partial charge in [0.05, 0.1) is 17.1 Å². The van der Waals surface area contributed by atoms with Crippen molar-refractivity contribution >= 4 is 38.6 Å². The molecule has 20 heavy (non-hydrogen) atoms. The molecule has 8 heteroatoms. The molecular weight excluding hydrogens is 318 g/mol. The topological polar surface area (TPSA) is 64.0 Å². The summed E-state index contributed by atoms with van der Waals surface area (Å²) in [4.78, 5) is 0.223. The third kappa shape index (κ3) is 2.57. The van der Waals surface area contributed by atoms with Gasteiger partial charge in [-0.3, -0.25) is 9.40 Å². The Morgan fingerprint density at radius 2 is 2.05 bits per heavy atom. The fourth-order valence-corrected chi connectivity index (χ4v) is 4.83. The van der Waals surface area contributed by atoms with Crippen LogP contribution in [0.15, 0.2) is 10.3 Å². The zero-order chi connectivity index (χ0) is 15.1. The predicted molar refractivity (Wildman–Crippen MR) is 82.2 cm³/mol. The molecule has 0 saturated heterocycles. The smallest absolute Gasteiger partial charge is 0.265 e. The van der Waals surface area contributed by atoms with Crippen LogP contribution in [0.1, 0.15) is 23.9 Å². The lowest BCUT2D eigenvalue weighted by molar-refractivity contribution is 0.598. The quantitative estimate of drug-likeness (QED) is 0.933. The molecule has 2 heterocycles. The van der Waals surface area contributed by atoms with Gasteiger partial charge in [0.1, 0.15) is 9.23 Å². The minimum absolute atomic E-state index is 0.223. The summed E-state index contributed by atoms with van der Waals surface area (Å²) in [5, 5.41) is 6.05. The molecule has 0 aliphatic rings. The van der Waals surface area contributed by atoms with Gasteiger partial charge in [0, 0.05) is 6.54 Å². The van der Waals surface area contributed by atoms with Gasteiger partial charge in [0.15, 0.2) is 0 Å². The van der Waals surface area contributed by atoms with Crippen molar-refractivity contribution in [3.63, 3.8) is 0 Å². The second kappa shape index (κ2) is 5.38. The molecule has 5 nitrogen and oxygen atoms in total. The molecular formula is C12H16ClN3O2S2. The molecule has 0 aromatic carbocycles. The Bertz CT molecular complexity index is 728. The summed E-state index contributed by atoms with van der Waals surface area (Å²) in [7, 11) is -3.69. The van der Waals surface area contributed by atoms with E-state index in [2.05, 4.69) is 9.82 Å². The van der Waals surface area contributed by atoms with E-state index < -0.39 is 10.0 Å². The van der Waals surface area contributed by atoms with Crippen LogP contribution in [-0.2, 0) is 16.6 Å². The second-order valence-corrected chi connectivity index (χ2v) is 7.59. The molecule has 0 aliphatic heterocycles. The predicted octanol–water partition coefficient (Wildman–Crippen LogP) is 3.34. The molecule has 0 atom stereocenters. The molecule has 0 unspecified atom stereocenters. The molecule has 0 fully saturated rings. The number of hydrogen-bond acceptors (Lipinski definition) is 4. The maximum Gasteiger partial charge on any atom is 0.265 e. The molecule has 0 bridgehead atoms. The lowest BCUT2D eigenvalue weighted by Gasteiger charge is -2.09. The van der Waals surface area contributed by atoms with Gasteiger partial charge in [-0.1, -0.05) is 11.6 Å². The van der Waals surface area contributed by atoms with E-state index in [1.807, 2.05) is 19.2 Å². The third-order valence-electron chi connectivity index (χ3n) is 3.05. The van der Waals surface area contributed by atoms with Crippen LogP contribution in [0.3, 0.4) is 0 Å². The summed E-state index contributed by atoms with van der Waals surface area (Å²) >= 11 is 7.32. The van der Waals surface area contributed by atoms with Gasteiger partial charge in [-0.05, 0) is 38.6 Å². The molecule has 2 rings (SSSR count). The number of sulfonamides is 1. The summed E-state index contributed by atoms with van der Waals surface area (Å²) in [6.45, 7) is 7.80. The summed E-state index contributed by atoms with van der Waals surface area (Å²) in [5.41, 5.74) is 2.36. The van der Waals surface area contributed by atoms with Crippen molar-refractivity contribution in [3.8, 4) is 0 Å². The lowest BCUT2D eigenvalue weighted by Crippen LogP contribution is -2.15. The van der Waals surface area contributed by atoms with E-state index in [0.717, 1.165) is 5.56 Å². The Morgan fingerprint density at radius 1 is 1.40 bits per heavy atom. The van der Waals surface area contributed by atoms with Crippen molar-refractivity contribution in [2.75, 3.05) is 4.72 Å². The first-order valence-electron chi connectivity index (χ1n) is 6.08. The van der Waals surface area contributed by atoms with Crippen molar-refractivity contribution in [1.82, 2.24) is 9.78 Å². The van der Waals surface area contributed by atoms with Gasteiger partial charge in [0.25, 0.3) is 10.0 Å². The zero-order valence-corrected chi connectivity index (χ0v) is 14.1. The van der Waals surface area contributed by atoms with Crippen molar-refractivity contribution in [2.45, 2.75) is 39.1 Å². The zero-order valence-electron chi connectivity index (χ0n) is 11.7. The highest BCUT2D eigenvalue weighted by Gasteiger charge is 2.26. The van der Waals surface area contributed by atoms with Crippen LogP contribution in [0.25, 0.3) is 0 Å².